The zero-order chi connectivity index (χ0) is 38.5. The predicted octanol–water partition coefficient (Wildman–Crippen LogP) is 4.69. The van der Waals surface area contributed by atoms with E-state index in [0.717, 1.165) is 44.6 Å². The second-order valence-electron chi connectivity index (χ2n) is 16.9. The van der Waals surface area contributed by atoms with E-state index in [-0.39, 0.29) is 24.1 Å². The third-order valence-electron chi connectivity index (χ3n) is 10.9. The fraction of sp³-hybridized carbons (Fsp3) is 0.947. The fourth-order valence-electron chi connectivity index (χ4n) is 6.49. The minimum absolute atomic E-state index is 0.0479. The van der Waals surface area contributed by atoms with Crippen molar-refractivity contribution in [3.63, 3.8) is 0 Å². The second kappa shape index (κ2) is 22.5. The van der Waals surface area contributed by atoms with Crippen molar-refractivity contribution >= 4 is 7.60 Å². The Balaban J connectivity index is 0.000000315. The highest BCUT2D eigenvalue weighted by molar-refractivity contribution is 7.51. The van der Waals surface area contributed by atoms with Crippen LogP contribution in [0.2, 0.25) is 0 Å². The van der Waals surface area contributed by atoms with Crippen LogP contribution in [0.15, 0.2) is 0 Å². The molecule has 0 bridgehead atoms. The topological polar surface area (TPSA) is 138 Å². The molecule has 4 aliphatic heterocycles. The predicted molar refractivity (Wildman–Crippen MR) is 210 cm³/mol. The zero-order valence-electron chi connectivity index (χ0n) is 34.0. The first-order chi connectivity index (χ1) is 23.1. The van der Waals surface area contributed by atoms with Crippen LogP contribution >= 0.6 is 7.60 Å². The van der Waals surface area contributed by atoms with Gasteiger partial charge in [-0.3, -0.25) is 24.2 Å². The normalized spacial score (nSPS) is 30.7. The van der Waals surface area contributed by atoms with E-state index in [9.17, 15) is 8.96 Å². The number of hydrogen-bond donors (Lipinski definition) is 4. The molecule has 4 saturated heterocycles. The van der Waals surface area contributed by atoms with Gasteiger partial charge >= 0.3 is 7.60 Å². The van der Waals surface area contributed by atoms with E-state index in [1.54, 1.807) is 0 Å². The lowest BCUT2D eigenvalue weighted by molar-refractivity contribution is -0.00458. The molecule has 1 saturated carbocycles. The van der Waals surface area contributed by atoms with Crippen molar-refractivity contribution in [1.29, 1.82) is 0 Å². The molecular weight excluding hydrogens is 652 g/mol. The standard InChI is InChI=1S/C9H16N2.C8H18N2.C7H15FN2.C7H16NO3P.C7H14/c1-4-8-5-11(7(2)3)6-9(8)10;1-6(2)10-4-7(3)8(9)5-10;1-5(2)10-3-6(8)7(9)4-10;1-6(2)8-4-7(5-8)11-12(3,9)10;1-6(2)7-4-3-5-7/h1,7-9H,5-6,10H2,2-3H3;6-8H,4-5,9H2,1-3H3;5-7H,3-4,9H2,1-2H3;6-7H,4-5H2,1-3H3,(H,9,10);6-7H,3-5H2,1-2H3/t8-,9-;7?,8-;;;/m11.../s1. The van der Waals surface area contributed by atoms with Gasteiger partial charge in [-0.15, -0.1) is 12.3 Å². The maximum absolute atomic E-state index is 12.8. The van der Waals surface area contributed by atoms with Gasteiger partial charge in [-0.25, -0.2) is 4.39 Å². The first kappa shape index (κ1) is 47.4. The molecule has 0 radical (unpaired) electrons. The summed E-state index contributed by atoms with van der Waals surface area (Å²) in [5.74, 6) is 5.71. The van der Waals surface area contributed by atoms with Crippen LogP contribution in [0, 0.1) is 36.0 Å². The molecule has 50 heavy (non-hydrogen) atoms. The van der Waals surface area contributed by atoms with E-state index in [4.69, 9.17) is 33.0 Å². The van der Waals surface area contributed by atoms with Crippen molar-refractivity contribution < 1.29 is 18.4 Å². The van der Waals surface area contributed by atoms with Gasteiger partial charge in [0.2, 0.25) is 0 Å². The Hall–Kier alpha value is -0.640. The number of nitrogens with zero attached hydrogens (tertiary/aromatic N) is 4. The molecule has 296 valence electrons. The summed E-state index contributed by atoms with van der Waals surface area (Å²) in [6, 6.07) is 2.48. The summed E-state index contributed by atoms with van der Waals surface area (Å²) in [5.41, 5.74) is 17.2. The molecule has 5 aliphatic rings. The van der Waals surface area contributed by atoms with Crippen LogP contribution in [-0.4, -0.2) is 138 Å². The van der Waals surface area contributed by atoms with Gasteiger partial charge in [-0.2, -0.15) is 0 Å². The van der Waals surface area contributed by atoms with Crippen molar-refractivity contribution in [3.05, 3.63) is 0 Å². The summed E-state index contributed by atoms with van der Waals surface area (Å²) in [6.45, 7) is 32.2. The summed E-state index contributed by atoms with van der Waals surface area (Å²) < 4.78 is 28.5. The lowest BCUT2D eigenvalue weighted by atomic mass is 9.78. The Labute approximate surface area is 307 Å². The van der Waals surface area contributed by atoms with Crippen molar-refractivity contribution in [2.75, 3.05) is 59.0 Å². The van der Waals surface area contributed by atoms with E-state index >= 15 is 0 Å². The molecule has 4 unspecified atom stereocenters. The average Bonchev–Trinajstić information content (AvgIpc) is 3.61. The average molecular weight is 732 g/mol. The van der Waals surface area contributed by atoms with E-state index in [2.05, 4.69) is 102 Å². The molecule has 10 nitrogen and oxygen atoms in total. The summed E-state index contributed by atoms with van der Waals surface area (Å²) >= 11 is 0. The van der Waals surface area contributed by atoms with Crippen LogP contribution < -0.4 is 17.2 Å². The van der Waals surface area contributed by atoms with Gasteiger partial charge in [0.1, 0.15) is 6.17 Å². The fourth-order valence-corrected chi connectivity index (χ4v) is 7.18. The Kier molecular flexibility index (Phi) is 21.4. The molecule has 0 aromatic rings. The highest BCUT2D eigenvalue weighted by atomic mass is 31.2. The Bertz CT molecular complexity index is 965. The minimum atomic E-state index is -3.27. The van der Waals surface area contributed by atoms with Gasteiger partial charge in [0.15, 0.2) is 0 Å². The van der Waals surface area contributed by atoms with E-state index in [1.165, 1.54) is 32.5 Å². The quantitative estimate of drug-likeness (QED) is 0.216. The molecule has 12 heteroatoms. The smallest absolute Gasteiger partial charge is 0.325 e. The van der Waals surface area contributed by atoms with Gasteiger partial charge < -0.3 is 26.6 Å². The van der Waals surface area contributed by atoms with Crippen LogP contribution in [0.1, 0.15) is 95.4 Å². The number of likely N-dealkylation sites (tertiary alicyclic amines) is 4. The Morgan fingerprint density at radius 1 is 0.720 bits per heavy atom. The first-order valence-electron chi connectivity index (χ1n) is 19.4. The number of alkyl halides is 1. The molecule has 0 spiro atoms. The molecule has 5 rings (SSSR count). The third-order valence-corrected chi connectivity index (χ3v) is 11.5. The SMILES string of the molecule is C#C[C@@H]1CN(C(C)C)C[C@H]1N.CC(C)C1CCC1.CC(C)N1CC(N)C(F)C1.CC(C)N1CC(OP(C)(=O)O)C1.CC1CN(C(C)C)C[C@H]1N. The summed E-state index contributed by atoms with van der Waals surface area (Å²) in [7, 11) is -3.27. The molecule has 0 aromatic carbocycles. The van der Waals surface area contributed by atoms with Crippen LogP contribution in [0.5, 0.6) is 0 Å². The van der Waals surface area contributed by atoms with Crippen molar-refractivity contribution in [2.24, 2.45) is 40.9 Å². The molecule has 7 N–H and O–H groups in total. The van der Waals surface area contributed by atoms with Gasteiger partial charge in [0.25, 0.3) is 0 Å². The molecule has 0 aromatic heterocycles. The van der Waals surface area contributed by atoms with E-state index < -0.39 is 13.8 Å². The second-order valence-corrected chi connectivity index (χ2v) is 18.7. The molecule has 0 amide bonds. The van der Waals surface area contributed by atoms with Gasteiger partial charge in [-0.1, -0.05) is 40.0 Å². The van der Waals surface area contributed by atoms with Crippen molar-refractivity contribution in [1.82, 2.24) is 19.6 Å². The summed E-state index contributed by atoms with van der Waals surface area (Å²) in [4.78, 5) is 17.9. The Morgan fingerprint density at radius 3 is 1.36 bits per heavy atom. The minimum Gasteiger partial charge on any atom is -0.326 e. The molecule has 7 atom stereocenters. The maximum Gasteiger partial charge on any atom is 0.325 e. The largest absolute Gasteiger partial charge is 0.326 e. The number of hydrogen-bond acceptors (Lipinski definition) is 9. The highest BCUT2D eigenvalue weighted by Crippen LogP contribution is 2.40. The number of terminal acetylenes is 1. The zero-order valence-corrected chi connectivity index (χ0v) is 34.9. The van der Waals surface area contributed by atoms with Crippen LogP contribution in [0.3, 0.4) is 0 Å². The van der Waals surface area contributed by atoms with Gasteiger partial charge in [-0.05, 0) is 73.1 Å². The van der Waals surface area contributed by atoms with Gasteiger partial charge in [0.05, 0.1) is 6.10 Å². The lowest BCUT2D eigenvalue weighted by Crippen LogP contribution is -2.54. The summed E-state index contributed by atoms with van der Waals surface area (Å²) in [6.07, 6.45) is 8.95. The lowest BCUT2D eigenvalue weighted by Gasteiger charge is -2.41. The van der Waals surface area contributed by atoms with Crippen LogP contribution in [0.4, 0.5) is 4.39 Å². The number of nitrogens with two attached hydrogens (primary N) is 3. The molecule has 4 heterocycles. The molecule has 1 aliphatic carbocycles. The monoisotopic (exact) mass is 732 g/mol. The highest BCUT2D eigenvalue weighted by Gasteiger charge is 2.33. The number of rotatable bonds is 7. The van der Waals surface area contributed by atoms with Crippen molar-refractivity contribution in [2.45, 2.75) is 150 Å². The maximum atomic E-state index is 12.8. The van der Waals surface area contributed by atoms with E-state index in [0.29, 0.717) is 49.2 Å². The first-order valence-corrected chi connectivity index (χ1v) is 21.4. The third kappa shape index (κ3) is 17.5. The van der Waals surface area contributed by atoms with Crippen LogP contribution in [0.25, 0.3) is 0 Å². The van der Waals surface area contributed by atoms with Crippen molar-refractivity contribution in [3.8, 4) is 12.3 Å². The van der Waals surface area contributed by atoms with E-state index in [1.807, 2.05) is 0 Å². The molecule has 5 fully saturated rings. The molecular formula is C38H79FN7O3P. The Morgan fingerprint density at radius 2 is 1.14 bits per heavy atom. The van der Waals surface area contributed by atoms with Gasteiger partial charge in [0, 0.05) is 107 Å². The number of halogens is 1. The van der Waals surface area contributed by atoms with Crippen LogP contribution in [-0.2, 0) is 9.09 Å². The summed E-state index contributed by atoms with van der Waals surface area (Å²) in [5, 5.41) is 0.